The second kappa shape index (κ2) is 7.78. The van der Waals surface area contributed by atoms with Crippen LogP contribution >= 0.6 is 15.9 Å². The summed E-state index contributed by atoms with van der Waals surface area (Å²) in [5, 5.41) is 1.11. The van der Waals surface area contributed by atoms with Crippen LogP contribution in [0.1, 0.15) is 62.0 Å². The number of hydrogen-bond acceptors (Lipinski definition) is 1. The van der Waals surface area contributed by atoms with E-state index in [0.29, 0.717) is 0 Å². The topological polar surface area (TPSA) is 3.24 Å². The summed E-state index contributed by atoms with van der Waals surface area (Å²) < 4.78 is 0. The van der Waals surface area contributed by atoms with Gasteiger partial charge in [-0.3, -0.25) is 4.90 Å². The van der Waals surface area contributed by atoms with Crippen molar-refractivity contribution >= 4 is 15.9 Å². The van der Waals surface area contributed by atoms with E-state index in [4.69, 9.17) is 0 Å². The van der Waals surface area contributed by atoms with Crippen molar-refractivity contribution < 1.29 is 0 Å². The Labute approximate surface area is 138 Å². The number of halogens is 1. The minimum absolute atomic E-state index is 0.760. The normalized spacial score (nSPS) is 23.2. The van der Waals surface area contributed by atoms with Crippen molar-refractivity contribution in [1.29, 1.82) is 0 Å². The molecule has 21 heavy (non-hydrogen) atoms. The Kier molecular flexibility index (Phi) is 5.76. The van der Waals surface area contributed by atoms with Gasteiger partial charge in [-0.1, -0.05) is 59.5 Å². The summed E-state index contributed by atoms with van der Waals surface area (Å²) in [6.45, 7) is 2.48. The zero-order chi connectivity index (χ0) is 14.5. The largest absolute Gasteiger partial charge is 0.299 e. The van der Waals surface area contributed by atoms with Gasteiger partial charge in [0.05, 0.1) is 0 Å². The number of benzene rings is 1. The third-order valence-electron chi connectivity index (χ3n) is 5.41. The molecule has 3 rings (SSSR count). The third kappa shape index (κ3) is 3.90. The van der Waals surface area contributed by atoms with Gasteiger partial charge in [0.15, 0.2) is 0 Å². The molecule has 1 fully saturated rings. The number of hydrogen-bond donors (Lipinski definition) is 0. The van der Waals surface area contributed by atoms with Crippen LogP contribution in [-0.4, -0.2) is 29.4 Å². The van der Waals surface area contributed by atoms with Crippen LogP contribution < -0.4 is 0 Å². The number of aryl methyl sites for hydroxylation is 1. The molecule has 0 amide bonds. The summed E-state index contributed by atoms with van der Waals surface area (Å²) in [7, 11) is 0. The smallest absolute Gasteiger partial charge is 0.0159 e. The summed E-state index contributed by atoms with van der Waals surface area (Å²) in [5.41, 5.74) is 3.25. The van der Waals surface area contributed by atoms with E-state index in [1.165, 1.54) is 64.5 Å². The minimum atomic E-state index is 0.760. The summed E-state index contributed by atoms with van der Waals surface area (Å²) in [5.74, 6) is 0.760. The first-order chi connectivity index (χ1) is 10.4. The fraction of sp³-hybridized carbons (Fsp3) is 0.684. The summed E-state index contributed by atoms with van der Waals surface area (Å²) in [6, 6.07) is 10.00. The molecule has 1 saturated carbocycles. The average Bonchev–Trinajstić information content (AvgIpc) is 2.55. The Morgan fingerprint density at radius 3 is 2.62 bits per heavy atom. The summed E-state index contributed by atoms with van der Waals surface area (Å²) in [6.07, 6.45) is 11.2. The minimum Gasteiger partial charge on any atom is -0.299 e. The Hall–Kier alpha value is -0.340. The Morgan fingerprint density at radius 2 is 1.81 bits per heavy atom. The summed E-state index contributed by atoms with van der Waals surface area (Å²) >= 11 is 3.67. The van der Waals surface area contributed by atoms with Gasteiger partial charge in [-0.2, -0.15) is 0 Å². The van der Waals surface area contributed by atoms with E-state index in [1.54, 1.807) is 11.1 Å². The predicted octanol–water partition coefficient (Wildman–Crippen LogP) is 5.14. The lowest BCUT2D eigenvalue weighted by Gasteiger charge is -2.38. The molecule has 0 saturated heterocycles. The molecule has 0 N–H and O–H groups in total. The highest BCUT2D eigenvalue weighted by atomic mass is 79.9. The molecule has 0 bridgehead atoms. The molecule has 116 valence electrons. The van der Waals surface area contributed by atoms with Crippen LogP contribution in [0.3, 0.4) is 0 Å². The molecular weight excluding hydrogens is 322 g/mol. The van der Waals surface area contributed by atoms with Gasteiger partial charge < -0.3 is 0 Å². The van der Waals surface area contributed by atoms with E-state index in [0.717, 1.165) is 17.3 Å². The van der Waals surface area contributed by atoms with Crippen LogP contribution in [0.2, 0.25) is 0 Å². The second-order valence-electron chi connectivity index (χ2n) is 6.76. The van der Waals surface area contributed by atoms with Crippen LogP contribution in [0, 0.1) is 0 Å². The third-order valence-corrected chi connectivity index (χ3v) is 5.77. The molecule has 1 aromatic rings. The lowest BCUT2D eigenvalue weighted by Crippen LogP contribution is -2.41. The Bertz CT molecular complexity index is 439. The molecule has 1 atom stereocenters. The van der Waals surface area contributed by atoms with Crippen molar-refractivity contribution in [2.45, 2.75) is 63.3 Å². The SMILES string of the molecule is BrCCN(CC1CCCc2ccccc21)C1CCCCC1. The predicted molar refractivity (Wildman–Crippen MR) is 94.4 cm³/mol. The van der Waals surface area contributed by atoms with Gasteiger partial charge in [0.2, 0.25) is 0 Å². The maximum absolute atomic E-state index is 3.67. The van der Waals surface area contributed by atoms with Crippen LogP contribution in [0.25, 0.3) is 0 Å². The molecular formula is C19H28BrN. The Balaban J connectivity index is 1.71. The van der Waals surface area contributed by atoms with Gasteiger partial charge >= 0.3 is 0 Å². The molecule has 0 radical (unpaired) electrons. The zero-order valence-electron chi connectivity index (χ0n) is 13.1. The van der Waals surface area contributed by atoms with E-state index < -0.39 is 0 Å². The lowest BCUT2D eigenvalue weighted by molar-refractivity contribution is 0.152. The molecule has 2 aliphatic rings. The standard InChI is InChI=1S/C19H28BrN/c20-13-14-21(18-10-2-1-3-11-18)15-17-9-6-8-16-7-4-5-12-19(16)17/h4-5,7,12,17-18H,1-3,6,8-11,13-15H2. The van der Waals surface area contributed by atoms with Crippen molar-refractivity contribution in [3.63, 3.8) is 0 Å². The Morgan fingerprint density at radius 1 is 1.00 bits per heavy atom. The maximum atomic E-state index is 3.67. The van der Waals surface area contributed by atoms with E-state index in [2.05, 4.69) is 45.1 Å². The van der Waals surface area contributed by atoms with Crippen LogP contribution in [0.15, 0.2) is 24.3 Å². The molecule has 0 spiro atoms. The molecule has 0 heterocycles. The average molecular weight is 350 g/mol. The van der Waals surface area contributed by atoms with E-state index in [-0.39, 0.29) is 0 Å². The molecule has 1 unspecified atom stereocenters. The molecule has 0 aliphatic heterocycles. The molecule has 1 nitrogen and oxygen atoms in total. The van der Waals surface area contributed by atoms with E-state index in [1.807, 2.05) is 0 Å². The summed E-state index contributed by atoms with van der Waals surface area (Å²) in [4.78, 5) is 2.79. The van der Waals surface area contributed by atoms with Gasteiger partial charge in [-0.05, 0) is 49.1 Å². The zero-order valence-corrected chi connectivity index (χ0v) is 14.7. The van der Waals surface area contributed by atoms with E-state index >= 15 is 0 Å². The second-order valence-corrected chi connectivity index (χ2v) is 7.56. The van der Waals surface area contributed by atoms with Crippen LogP contribution in [0.4, 0.5) is 0 Å². The number of alkyl halides is 1. The maximum Gasteiger partial charge on any atom is 0.0159 e. The number of rotatable bonds is 5. The highest BCUT2D eigenvalue weighted by Crippen LogP contribution is 2.33. The van der Waals surface area contributed by atoms with E-state index in [9.17, 15) is 0 Å². The van der Waals surface area contributed by atoms with Crippen molar-refractivity contribution in [2.24, 2.45) is 0 Å². The molecule has 1 aromatic carbocycles. The molecule has 2 aliphatic carbocycles. The van der Waals surface area contributed by atoms with Crippen LogP contribution in [0.5, 0.6) is 0 Å². The first kappa shape index (κ1) is 15.6. The number of fused-ring (bicyclic) bond motifs is 1. The van der Waals surface area contributed by atoms with Gasteiger partial charge in [-0.25, -0.2) is 0 Å². The van der Waals surface area contributed by atoms with Gasteiger partial charge in [0, 0.05) is 24.5 Å². The first-order valence-corrected chi connectivity index (χ1v) is 9.88. The van der Waals surface area contributed by atoms with Gasteiger partial charge in [0.1, 0.15) is 0 Å². The van der Waals surface area contributed by atoms with Crippen molar-refractivity contribution in [2.75, 3.05) is 18.4 Å². The van der Waals surface area contributed by atoms with Gasteiger partial charge in [-0.15, -0.1) is 0 Å². The fourth-order valence-corrected chi connectivity index (χ4v) is 4.76. The molecule has 0 aromatic heterocycles. The van der Waals surface area contributed by atoms with Crippen molar-refractivity contribution in [3.05, 3.63) is 35.4 Å². The van der Waals surface area contributed by atoms with Crippen molar-refractivity contribution in [1.82, 2.24) is 4.90 Å². The fourth-order valence-electron chi connectivity index (χ4n) is 4.30. The van der Waals surface area contributed by atoms with Crippen LogP contribution in [-0.2, 0) is 6.42 Å². The number of nitrogens with zero attached hydrogens (tertiary/aromatic N) is 1. The monoisotopic (exact) mass is 349 g/mol. The highest BCUT2D eigenvalue weighted by molar-refractivity contribution is 9.09. The first-order valence-electron chi connectivity index (χ1n) is 8.76. The quantitative estimate of drug-likeness (QED) is 0.665. The lowest BCUT2D eigenvalue weighted by atomic mass is 9.82. The molecule has 2 heteroatoms. The van der Waals surface area contributed by atoms with Gasteiger partial charge in [0.25, 0.3) is 0 Å². The van der Waals surface area contributed by atoms with Crippen molar-refractivity contribution in [3.8, 4) is 0 Å². The highest BCUT2D eigenvalue weighted by Gasteiger charge is 2.26.